The average Bonchev–Trinajstić information content (AvgIpc) is 3.01. The fraction of sp³-hybridized carbons (Fsp3) is 0.238. The van der Waals surface area contributed by atoms with Gasteiger partial charge in [0.05, 0.1) is 0 Å². The first-order chi connectivity index (χ1) is 12.8. The lowest BCUT2D eigenvalue weighted by molar-refractivity contribution is -0.134. The van der Waals surface area contributed by atoms with Gasteiger partial charge in [0.25, 0.3) is 0 Å². The van der Waals surface area contributed by atoms with Crippen molar-refractivity contribution >= 4 is 28.4 Å². The molecule has 3 rings (SSSR count). The van der Waals surface area contributed by atoms with Gasteiger partial charge in [0, 0.05) is 22.8 Å². The Morgan fingerprint density at radius 3 is 2.37 bits per heavy atom. The van der Waals surface area contributed by atoms with E-state index in [-0.39, 0.29) is 0 Å². The van der Waals surface area contributed by atoms with Gasteiger partial charge in [0.2, 0.25) is 0 Å². The molecular weight excluding hydrogens is 342 g/mol. The summed E-state index contributed by atoms with van der Waals surface area (Å²) < 4.78 is 6.14. The molecule has 27 heavy (non-hydrogen) atoms. The van der Waals surface area contributed by atoms with Crippen molar-refractivity contribution in [3.63, 3.8) is 0 Å². The summed E-state index contributed by atoms with van der Waals surface area (Å²) in [6, 6.07) is 9.45. The van der Waals surface area contributed by atoms with Crippen LogP contribution in [0.1, 0.15) is 36.5 Å². The van der Waals surface area contributed by atoms with Gasteiger partial charge in [-0.15, -0.1) is 0 Å². The molecule has 3 aromatic rings. The number of rotatable bonds is 4. The van der Waals surface area contributed by atoms with Crippen molar-refractivity contribution in [1.82, 2.24) is 4.98 Å². The van der Waals surface area contributed by atoms with Gasteiger partial charge in [-0.05, 0) is 66.8 Å². The van der Waals surface area contributed by atoms with Crippen LogP contribution in [0.5, 0.6) is 11.5 Å². The zero-order valence-corrected chi connectivity index (χ0v) is 15.8. The van der Waals surface area contributed by atoms with Crippen LogP contribution in [0.4, 0.5) is 5.69 Å². The van der Waals surface area contributed by atoms with Crippen LogP contribution in [0.2, 0.25) is 0 Å². The lowest BCUT2D eigenvalue weighted by Gasteiger charge is -2.14. The summed E-state index contributed by atoms with van der Waals surface area (Å²) in [6.45, 7) is 8.08. The van der Waals surface area contributed by atoms with E-state index in [0.717, 1.165) is 27.8 Å². The lowest BCUT2D eigenvalue weighted by Crippen LogP contribution is -2.29. The smallest absolute Gasteiger partial charge is 0.313 e. The molecule has 0 saturated heterocycles. The van der Waals surface area contributed by atoms with Crippen LogP contribution in [-0.4, -0.2) is 16.8 Å². The Kier molecular flexibility index (Phi) is 4.90. The maximum atomic E-state index is 11.5. The third-order valence-electron chi connectivity index (χ3n) is 4.47. The van der Waals surface area contributed by atoms with E-state index in [4.69, 9.17) is 10.5 Å². The molecule has 2 aromatic carbocycles. The van der Waals surface area contributed by atoms with Crippen LogP contribution < -0.4 is 15.8 Å². The number of hydrogen-bond acceptors (Lipinski definition) is 3. The Balaban J connectivity index is 1.91. The quantitative estimate of drug-likeness (QED) is 0.607. The van der Waals surface area contributed by atoms with Crippen LogP contribution in [0, 0.1) is 13.8 Å². The van der Waals surface area contributed by atoms with E-state index in [2.05, 4.69) is 24.1 Å². The van der Waals surface area contributed by atoms with Crippen molar-refractivity contribution in [2.24, 2.45) is 5.73 Å². The third-order valence-corrected chi connectivity index (χ3v) is 4.47. The highest BCUT2D eigenvalue weighted by Crippen LogP contribution is 2.34. The monoisotopic (exact) mass is 365 g/mol. The van der Waals surface area contributed by atoms with Crippen LogP contribution in [0.15, 0.2) is 36.5 Å². The third kappa shape index (κ3) is 3.79. The molecule has 140 valence electrons. The molecule has 1 aromatic heterocycles. The van der Waals surface area contributed by atoms with Gasteiger partial charge in [0.15, 0.2) is 0 Å². The summed E-state index contributed by atoms with van der Waals surface area (Å²) in [6.07, 6.45) is 2.03. The molecule has 0 aliphatic carbocycles. The number of ether oxygens (including phenoxy) is 1. The van der Waals surface area contributed by atoms with E-state index in [1.165, 1.54) is 5.56 Å². The first-order valence-electron chi connectivity index (χ1n) is 8.77. The van der Waals surface area contributed by atoms with E-state index in [1.54, 1.807) is 12.1 Å². The standard InChI is InChI=1S/C21H23N3O3/c1-11(2)17-10-23-18-6-5-15(9-16(17)18)27-19-12(3)7-14(8-13(19)4)24-21(26)20(22)25/h5-11,23H,1-4H3,(H2,22,25)(H,24,26). The van der Waals surface area contributed by atoms with E-state index in [1.807, 2.05) is 38.2 Å². The molecule has 0 atom stereocenters. The molecule has 0 saturated carbocycles. The highest BCUT2D eigenvalue weighted by molar-refractivity contribution is 6.39. The highest BCUT2D eigenvalue weighted by atomic mass is 16.5. The minimum atomic E-state index is -1.02. The molecule has 0 spiro atoms. The van der Waals surface area contributed by atoms with Crippen molar-refractivity contribution in [2.45, 2.75) is 33.6 Å². The summed E-state index contributed by atoms with van der Waals surface area (Å²) in [5.74, 6) is -0.00390. The van der Waals surface area contributed by atoms with Crippen molar-refractivity contribution < 1.29 is 14.3 Å². The molecule has 0 aliphatic heterocycles. The molecule has 0 fully saturated rings. The van der Waals surface area contributed by atoms with E-state index in [0.29, 0.717) is 17.4 Å². The Labute approximate surface area is 157 Å². The molecular formula is C21H23N3O3. The number of aromatic nitrogens is 1. The zero-order valence-electron chi connectivity index (χ0n) is 15.8. The number of primary amides is 1. The van der Waals surface area contributed by atoms with Crippen LogP contribution >= 0.6 is 0 Å². The number of amides is 2. The molecule has 0 radical (unpaired) electrons. The van der Waals surface area contributed by atoms with Gasteiger partial charge >= 0.3 is 11.8 Å². The summed E-state index contributed by atoms with van der Waals surface area (Å²) >= 11 is 0. The molecule has 2 amide bonds. The van der Waals surface area contributed by atoms with Gasteiger partial charge < -0.3 is 20.8 Å². The highest BCUT2D eigenvalue weighted by Gasteiger charge is 2.14. The Morgan fingerprint density at radius 1 is 1.11 bits per heavy atom. The van der Waals surface area contributed by atoms with Crippen LogP contribution in [0.3, 0.4) is 0 Å². The number of benzene rings is 2. The first-order valence-corrected chi connectivity index (χ1v) is 8.77. The Morgan fingerprint density at radius 2 is 1.78 bits per heavy atom. The van der Waals surface area contributed by atoms with Gasteiger partial charge in [-0.25, -0.2) is 0 Å². The number of aromatic amines is 1. The molecule has 6 heteroatoms. The topological polar surface area (TPSA) is 97.2 Å². The summed E-state index contributed by atoms with van der Waals surface area (Å²) in [5.41, 5.74) is 9.49. The number of fused-ring (bicyclic) bond motifs is 1. The Hall–Kier alpha value is -3.28. The van der Waals surface area contributed by atoms with E-state index < -0.39 is 11.8 Å². The number of carbonyl (C=O) groups excluding carboxylic acids is 2. The second-order valence-corrected chi connectivity index (χ2v) is 6.97. The molecule has 0 bridgehead atoms. The predicted octanol–water partition coefficient (Wildman–Crippen LogP) is 4.12. The number of carbonyl (C=O) groups is 2. The second kappa shape index (κ2) is 7.15. The molecule has 0 aliphatic rings. The normalized spacial score (nSPS) is 11.0. The molecule has 1 heterocycles. The summed E-state index contributed by atoms with van der Waals surface area (Å²) in [7, 11) is 0. The van der Waals surface area contributed by atoms with Crippen LogP contribution in [-0.2, 0) is 9.59 Å². The largest absolute Gasteiger partial charge is 0.457 e. The minimum Gasteiger partial charge on any atom is -0.457 e. The number of aryl methyl sites for hydroxylation is 2. The van der Waals surface area contributed by atoms with E-state index in [9.17, 15) is 9.59 Å². The molecule has 0 unspecified atom stereocenters. The van der Waals surface area contributed by atoms with Crippen molar-refractivity contribution in [3.8, 4) is 11.5 Å². The molecule has 4 N–H and O–H groups in total. The van der Waals surface area contributed by atoms with Gasteiger partial charge in [-0.2, -0.15) is 0 Å². The minimum absolute atomic E-state index is 0.408. The van der Waals surface area contributed by atoms with Crippen molar-refractivity contribution in [3.05, 3.63) is 53.2 Å². The number of H-pyrrole nitrogens is 1. The maximum Gasteiger partial charge on any atom is 0.313 e. The summed E-state index contributed by atoms with van der Waals surface area (Å²) in [5, 5.41) is 3.62. The van der Waals surface area contributed by atoms with Crippen molar-refractivity contribution in [1.29, 1.82) is 0 Å². The number of nitrogens with two attached hydrogens (primary N) is 1. The van der Waals surface area contributed by atoms with E-state index >= 15 is 0 Å². The number of hydrogen-bond donors (Lipinski definition) is 3. The first kappa shape index (κ1) is 18.5. The molecule has 6 nitrogen and oxygen atoms in total. The van der Waals surface area contributed by atoms with Crippen molar-refractivity contribution in [2.75, 3.05) is 5.32 Å². The Bertz CT molecular complexity index is 1010. The predicted molar refractivity (Wildman–Crippen MR) is 106 cm³/mol. The van der Waals surface area contributed by atoms with Gasteiger partial charge in [-0.3, -0.25) is 9.59 Å². The maximum absolute atomic E-state index is 11.5. The fourth-order valence-electron chi connectivity index (χ4n) is 3.16. The summed E-state index contributed by atoms with van der Waals surface area (Å²) in [4.78, 5) is 25.7. The second-order valence-electron chi connectivity index (χ2n) is 6.97. The number of anilines is 1. The number of nitrogens with one attached hydrogen (secondary N) is 2. The SMILES string of the molecule is Cc1cc(NC(=O)C(N)=O)cc(C)c1Oc1ccc2[nH]cc(C(C)C)c2c1. The zero-order chi connectivity index (χ0) is 19.7. The van der Waals surface area contributed by atoms with Gasteiger partial charge in [0.1, 0.15) is 11.5 Å². The average molecular weight is 365 g/mol. The fourth-order valence-corrected chi connectivity index (χ4v) is 3.16. The lowest BCUT2D eigenvalue weighted by atomic mass is 10.0. The van der Waals surface area contributed by atoms with Gasteiger partial charge in [-0.1, -0.05) is 13.8 Å². The van der Waals surface area contributed by atoms with Crippen LogP contribution in [0.25, 0.3) is 10.9 Å².